The van der Waals surface area contributed by atoms with E-state index < -0.39 is 0 Å². The largest absolute Gasteiger partial charge is 0.356 e. The summed E-state index contributed by atoms with van der Waals surface area (Å²) in [7, 11) is 0. The van der Waals surface area contributed by atoms with Crippen LogP contribution in [0.2, 0.25) is 0 Å². The average molecular weight is 440 g/mol. The van der Waals surface area contributed by atoms with Crippen LogP contribution in [0.4, 0.5) is 4.39 Å². The lowest BCUT2D eigenvalue weighted by Crippen LogP contribution is -2.36. The molecule has 7 heteroatoms. The van der Waals surface area contributed by atoms with E-state index in [4.69, 9.17) is 4.52 Å². The quantitative estimate of drug-likeness (QED) is 0.504. The normalized spacial score (nSPS) is 30.7. The molecule has 4 atom stereocenters. The molecular formula is C25H30FN3O3. The number of carbonyl (C=O) groups is 2. The number of fused-ring (bicyclic) bond motifs is 6. The fourth-order valence-corrected chi connectivity index (χ4v) is 6.95. The molecule has 0 radical (unpaired) electrons. The van der Waals surface area contributed by atoms with Crippen molar-refractivity contribution < 1.29 is 18.5 Å². The molecule has 1 aromatic heterocycles. The van der Waals surface area contributed by atoms with Crippen LogP contribution in [0.5, 0.6) is 0 Å². The number of imide groups is 1. The minimum absolute atomic E-state index is 0.00406. The number of nitrogens with zero attached hydrogens (tertiary/aromatic N) is 3. The number of hydrogen-bond donors (Lipinski definition) is 0. The molecule has 4 fully saturated rings. The van der Waals surface area contributed by atoms with E-state index in [1.54, 1.807) is 11.0 Å². The van der Waals surface area contributed by atoms with E-state index in [2.05, 4.69) is 10.1 Å². The van der Waals surface area contributed by atoms with Crippen LogP contribution in [0.15, 0.2) is 22.7 Å². The van der Waals surface area contributed by atoms with Crippen LogP contribution in [0.25, 0.3) is 11.0 Å². The number of likely N-dealkylation sites (tertiary alicyclic amines) is 2. The maximum atomic E-state index is 13.4. The first-order valence-corrected chi connectivity index (χ1v) is 12.2. The van der Waals surface area contributed by atoms with Gasteiger partial charge in [0.05, 0.1) is 17.5 Å². The number of amides is 2. The molecule has 1 aromatic carbocycles. The zero-order valence-electron chi connectivity index (χ0n) is 18.3. The smallest absolute Gasteiger partial charge is 0.233 e. The lowest BCUT2D eigenvalue weighted by Gasteiger charge is -2.31. The maximum absolute atomic E-state index is 13.4. The molecule has 2 amide bonds. The van der Waals surface area contributed by atoms with E-state index >= 15 is 0 Å². The van der Waals surface area contributed by atoms with Crippen LogP contribution in [0, 0.1) is 29.5 Å². The van der Waals surface area contributed by atoms with Gasteiger partial charge in [-0.3, -0.25) is 14.5 Å². The molecule has 2 saturated carbocycles. The third-order valence-electron chi connectivity index (χ3n) is 8.56. The van der Waals surface area contributed by atoms with E-state index in [0.29, 0.717) is 29.9 Å². The van der Waals surface area contributed by atoms with Crippen LogP contribution < -0.4 is 0 Å². The standard InChI is InChI=1S/C25H30FN3O3/c26-18-5-6-19-20(14-18)32-27-23(19)15-7-11-28(12-8-15)9-1-2-10-29-24(30)21-16-3-4-17(13-16)22(21)25(29)31/h5-6,14-17,21-22H,1-4,7-13H2/t16-,17+,21+,22-. The number of aromatic nitrogens is 1. The van der Waals surface area contributed by atoms with Crippen molar-refractivity contribution in [2.75, 3.05) is 26.2 Å². The van der Waals surface area contributed by atoms with Crippen molar-refractivity contribution in [3.8, 4) is 0 Å². The summed E-state index contributed by atoms with van der Waals surface area (Å²) in [6, 6.07) is 4.63. The molecule has 2 aliphatic heterocycles. The minimum atomic E-state index is -0.303. The summed E-state index contributed by atoms with van der Waals surface area (Å²) < 4.78 is 18.7. The Morgan fingerprint density at radius 3 is 2.38 bits per heavy atom. The summed E-state index contributed by atoms with van der Waals surface area (Å²) >= 11 is 0. The van der Waals surface area contributed by atoms with Gasteiger partial charge in [0.1, 0.15) is 5.82 Å². The Morgan fingerprint density at radius 1 is 0.969 bits per heavy atom. The van der Waals surface area contributed by atoms with Crippen LogP contribution >= 0.6 is 0 Å². The van der Waals surface area contributed by atoms with Gasteiger partial charge in [0, 0.05) is 23.9 Å². The molecular weight excluding hydrogens is 409 g/mol. The average Bonchev–Trinajstić information content (AvgIpc) is 3.56. The number of halogens is 1. The minimum Gasteiger partial charge on any atom is -0.356 e. The van der Waals surface area contributed by atoms with Crippen molar-refractivity contribution >= 4 is 22.8 Å². The first kappa shape index (κ1) is 20.3. The Kier molecular flexibility index (Phi) is 5.05. The van der Waals surface area contributed by atoms with Crippen LogP contribution in [0.3, 0.4) is 0 Å². The van der Waals surface area contributed by atoms with Gasteiger partial charge in [-0.05, 0) is 88.5 Å². The monoisotopic (exact) mass is 439 g/mol. The van der Waals surface area contributed by atoms with Crippen molar-refractivity contribution in [2.45, 2.75) is 50.9 Å². The second kappa shape index (κ2) is 7.94. The summed E-state index contributed by atoms with van der Waals surface area (Å²) in [6.45, 7) is 3.57. The Bertz CT molecular complexity index is 1020. The summed E-state index contributed by atoms with van der Waals surface area (Å²) in [6.07, 6.45) is 7.26. The second-order valence-corrected chi connectivity index (χ2v) is 10.2. The molecule has 2 bridgehead atoms. The first-order valence-electron chi connectivity index (χ1n) is 12.2. The van der Waals surface area contributed by atoms with Gasteiger partial charge in [-0.15, -0.1) is 0 Å². The molecule has 0 N–H and O–H groups in total. The second-order valence-electron chi connectivity index (χ2n) is 10.2. The summed E-state index contributed by atoms with van der Waals surface area (Å²) in [4.78, 5) is 29.7. The van der Waals surface area contributed by atoms with Crippen LogP contribution in [-0.2, 0) is 9.59 Å². The van der Waals surface area contributed by atoms with Gasteiger partial charge >= 0.3 is 0 Å². The maximum Gasteiger partial charge on any atom is 0.233 e. The number of hydrogen-bond acceptors (Lipinski definition) is 5. The van der Waals surface area contributed by atoms with Crippen molar-refractivity contribution in [2.24, 2.45) is 23.7 Å². The zero-order chi connectivity index (χ0) is 21.8. The van der Waals surface area contributed by atoms with Gasteiger partial charge in [-0.25, -0.2) is 4.39 Å². The SMILES string of the molecule is O=C1[C@@H]2[C@H]3CC[C@H](C3)[C@@H]2C(=O)N1CCCCN1CCC(c2noc3cc(F)ccc23)CC1. The van der Waals surface area contributed by atoms with Crippen LogP contribution in [-0.4, -0.2) is 52.9 Å². The summed E-state index contributed by atoms with van der Waals surface area (Å²) in [5, 5.41) is 5.15. The van der Waals surface area contributed by atoms with Crippen molar-refractivity contribution in [3.05, 3.63) is 29.7 Å². The van der Waals surface area contributed by atoms with E-state index in [0.717, 1.165) is 75.7 Å². The molecule has 4 aliphatic rings. The van der Waals surface area contributed by atoms with Gasteiger partial charge in [0.2, 0.25) is 11.8 Å². The van der Waals surface area contributed by atoms with E-state index in [1.165, 1.54) is 12.1 Å². The number of rotatable bonds is 6. The molecule has 0 unspecified atom stereocenters. The molecule has 170 valence electrons. The highest BCUT2D eigenvalue weighted by molar-refractivity contribution is 6.06. The third-order valence-corrected chi connectivity index (χ3v) is 8.56. The van der Waals surface area contributed by atoms with Crippen molar-refractivity contribution in [1.29, 1.82) is 0 Å². The Labute approximate surface area is 187 Å². The summed E-state index contributed by atoms with van der Waals surface area (Å²) in [5.74, 6) is 1.21. The van der Waals surface area contributed by atoms with Crippen LogP contribution in [0.1, 0.15) is 56.6 Å². The van der Waals surface area contributed by atoms with Gasteiger partial charge in [0.25, 0.3) is 0 Å². The van der Waals surface area contributed by atoms with Gasteiger partial charge < -0.3 is 9.42 Å². The van der Waals surface area contributed by atoms with E-state index in [1.807, 2.05) is 0 Å². The lowest BCUT2D eigenvalue weighted by atomic mass is 9.81. The molecule has 6 rings (SSSR count). The molecule has 6 nitrogen and oxygen atoms in total. The van der Waals surface area contributed by atoms with E-state index in [-0.39, 0.29) is 29.5 Å². The predicted octanol–water partition coefficient (Wildman–Crippen LogP) is 3.96. The Hall–Kier alpha value is -2.28. The van der Waals surface area contributed by atoms with Gasteiger partial charge in [0.15, 0.2) is 5.58 Å². The topological polar surface area (TPSA) is 66.7 Å². The highest BCUT2D eigenvalue weighted by atomic mass is 19.1. The summed E-state index contributed by atoms with van der Waals surface area (Å²) in [5.41, 5.74) is 1.47. The molecule has 32 heavy (non-hydrogen) atoms. The molecule has 2 saturated heterocycles. The molecule has 3 heterocycles. The third kappa shape index (κ3) is 3.28. The van der Waals surface area contributed by atoms with Gasteiger partial charge in [-0.1, -0.05) is 5.16 Å². The number of unbranched alkanes of at least 4 members (excludes halogenated alkanes) is 1. The van der Waals surface area contributed by atoms with E-state index in [9.17, 15) is 14.0 Å². The fraction of sp³-hybridized carbons (Fsp3) is 0.640. The predicted molar refractivity (Wildman–Crippen MR) is 116 cm³/mol. The number of benzene rings is 1. The Balaban J connectivity index is 0.969. The number of piperidine rings is 1. The fourth-order valence-electron chi connectivity index (χ4n) is 6.95. The zero-order valence-corrected chi connectivity index (χ0v) is 18.3. The molecule has 2 aromatic rings. The Morgan fingerprint density at radius 2 is 1.66 bits per heavy atom. The molecule has 0 spiro atoms. The van der Waals surface area contributed by atoms with Gasteiger partial charge in [-0.2, -0.15) is 0 Å². The lowest BCUT2D eigenvalue weighted by molar-refractivity contribution is -0.140. The highest BCUT2D eigenvalue weighted by Gasteiger charge is 2.60. The number of carbonyl (C=O) groups excluding carboxylic acids is 2. The van der Waals surface area contributed by atoms with Crippen molar-refractivity contribution in [3.63, 3.8) is 0 Å². The first-order chi connectivity index (χ1) is 15.6. The highest BCUT2D eigenvalue weighted by Crippen LogP contribution is 2.56. The molecule has 2 aliphatic carbocycles. The van der Waals surface area contributed by atoms with Crippen molar-refractivity contribution in [1.82, 2.24) is 15.0 Å².